The van der Waals surface area contributed by atoms with Crippen LogP contribution >= 0.6 is 11.3 Å². The normalized spacial score (nSPS) is 15.9. The Bertz CT molecular complexity index is 690. The maximum absolute atomic E-state index is 12.4. The summed E-state index contributed by atoms with van der Waals surface area (Å²) in [5.41, 5.74) is -0.456. The number of guanidine groups is 1. The van der Waals surface area contributed by atoms with Gasteiger partial charge in [0.05, 0.1) is 5.01 Å². The van der Waals surface area contributed by atoms with E-state index in [0.717, 1.165) is 57.8 Å². The molecular weight excluding hydrogens is 398 g/mol. The molecular formula is C22H39N5O2S. The van der Waals surface area contributed by atoms with Gasteiger partial charge in [0.2, 0.25) is 0 Å². The molecule has 2 rings (SSSR count). The van der Waals surface area contributed by atoms with Gasteiger partial charge in [0.15, 0.2) is 5.96 Å². The predicted molar refractivity (Wildman–Crippen MR) is 124 cm³/mol. The van der Waals surface area contributed by atoms with Gasteiger partial charge in [-0.1, -0.05) is 6.92 Å². The summed E-state index contributed by atoms with van der Waals surface area (Å²) < 4.78 is 5.54. The van der Waals surface area contributed by atoms with Gasteiger partial charge in [-0.05, 0) is 52.9 Å². The van der Waals surface area contributed by atoms with Crippen LogP contribution in [0.25, 0.3) is 0 Å². The smallest absolute Gasteiger partial charge is 0.410 e. The molecule has 0 aliphatic carbocycles. The number of ether oxygens (including phenoxy) is 1. The largest absolute Gasteiger partial charge is 0.444 e. The number of nitrogens with zero attached hydrogens (tertiary/aromatic N) is 4. The molecule has 1 aromatic heterocycles. The van der Waals surface area contributed by atoms with Crippen LogP contribution in [0.15, 0.2) is 11.2 Å². The minimum atomic E-state index is -0.456. The highest BCUT2D eigenvalue weighted by Crippen LogP contribution is 2.20. The van der Waals surface area contributed by atoms with Crippen molar-refractivity contribution in [1.29, 1.82) is 0 Å². The lowest BCUT2D eigenvalue weighted by molar-refractivity contribution is 0.0214. The average Bonchev–Trinajstić information content (AvgIpc) is 3.16. The van der Waals surface area contributed by atoms with Crippen molar-refractivity contribution >= 4 is 23.4 Å². The summed E-state index contributed by atoms with van der Waals surface area (Å²) in [7, 11) is 1.84. The molecule has 0 unspecified atom stereocenters. The number of hydrogen-bond donors (Lipinski definition) is 1. The first kappa shape index (κ1) is 24.4. The molecule has 1 aromatic rings. The Morgan fingerprint density at radius 1 is 1.37 bits per heavy atom. The van der Waals surface area contributed by atoms with E-state index in [1.807, 2.05) is 45.8 Å². The van der Waals surface area contributed by atoms with Gasteiger partial charge in [-0.2, -0.15) is 0 Å². The van der Waals surface area contributed by atoms with Crippen LogP contribution in [0.1, 0.15) is 57.3 Å². The van der Waals surface area contributed by atoms with Crippen LogP contribution in [-0.2, 0) is 17.6 Å². The fourth-order valence-electron chi connectivity index (χ4n) is 3.54. The predicted octanol–water partition coefficient (Wildman–Crippen LogP) is 3.79. The number of carbonyl (C=O) groups excluding carboxylic acids is 1. The molecule has 0 saturated carbocycles. The van der Waals surface area contributed by atoms with Crippen LogP contribution in [0, 0.1) is 5.92 Å². The zero-order valence-electron chi connectivity index (χ0n) is 19.5. The molecule has 0 aromatic carbocycles. The highest BCUT2D eigenvalue weighted by molar-refractivity contribution is 7.11. The fraction of sp³-hybridized carbons (Fsp3) is 0.773. The third-order valence-corrected chi connectivity index (χ3v) is 6.41. The average molecular weight is 438 g/mol. The lowest BCUT2D eigenvalue weighted by atomic mass is 9.96. The number of carbonyl (C=O) groups is 1. The summed E-state index contributed by atoms with van der Waals surface area (Å²) in [5, 5.41) is 4.66. The van der Waals surface area contributed by atoms with Crippen LogP contribution in [0.3, 0.4) is 0 Å². The molecule has 1 aliphatic rings. The number of piperidine rings is 1. The molecule has 0 bridgehead atoms. The number of hydrogen-bond acceptors (Lipinski definition) is 5. The number of likely N-dealkylation sites (tertiary alicyclic amines) is 1. The Balaban J connectivity index is 1.76. The first-order valence-corrected chi connectivity index (χ1v) is 11.9. The summed E-state index contributed by atoms with van der Waals surface area (Å²) in [6.45, 7) is 14.1. The molecule has 1 fully saturated rings. The van der Waals surface area contributed by atoms with E-state index in [2.05, 4.69) is 27.1 Å². The third-order valence-electron chi connectivity index (χ3n) is 5.21. The van der Waals surface area contributed by atoms with Crippen LogP contribution in [0.4, 0.5) is 4.79 Å². The van der Waals surface area contributed by atoms with E-state index in [4.69, 9.17) is 4.74 Å². The zero-order chi connectivity index (χ0) is 22.1. The first-order valence-electron chi connectivity index (χ1n) is 11.1. The third kappa shape index (κ3) is 7.78. The van der Waals surface area contributed by atoms with Crippen LogP contribution in [0.5, 0.6) is 0 Å². The van der Waals surface area contributed by atoms with Gasteiger partial charge < -0.3 is 19.9 Å². The molecule has 1 saturated heterocycles. The zero-order valence-corrected chi connectivity index (χ0v) is 20.3. The second-order valence-electron chi connectivity index (χ2n) is 8.75. The Morgan fingerprint density at radius 2 is 2.07 bits per heavy atom. The van der Waals surface area contributed by atoms with E-state index in [0.29, 0.717) is 12.5 Å². The van der Waals surface area contributed by atoms with Crippen molar-refractivity contribution in [2.24, 2.45) is 10.9 Å². The lowest BCUT2D eigenvalue weighted by Crippen LogP contribution is -2.48. The lowest BCUT2D eigenvalue weighted by Gasteiger charge is -2.36. The Labute approximate surface area is 185 Å². The monoisotopic (exact) mass is 437 g/mol. The number of rotatable bonds is 7. The van der Waals surface area contributed by atoms with Gasteiger partial charge in [-0.15, -0.1) is 11.3 Å². The van der Waals surface area contributed by atoms with Crippen molar-refractivity contribution in [3.63, 3.8) is 0 Å². The minimum absolute atomic E-state index is 0.210. The Morgan fingerprint density at radius 3 is 2.60 bits per heavy atom. The number of nitrogens with one attached hydrogen (secondary N) is 1. The maximum Gasteiger partial charge on any atom is 0.410 e. The molecule has 1 amide bonds. The molecule has 8 heteroatoms. The molecule has 1 aliphatic heterocycles. The number of aromatic nitrogens is 1. The highest BCUT2D eigenvalue weighted by Gasteiger charge is 2.27. The number of aryl methyl sites for hydroxylation is 1. The van der Waals surface area contributed by atoms with E-state index in [1.54, 1.807) is 11.3 Å². The molecule has 0 atom stereocenters. The standard InChI is InChI=1S/C22H39N5O2S/c1-7-18-15-25-19(30-18)9-12-24-20(23-6)27-13-10-17(11-14-27)16-26(8-2)21(28)29-22(3,4)5/h15,17H,7-14,16H2,1-6H3,(H,23,24). The van der Waals surface area contributed by atoms with Crippen molar-refractivity contribution in [2.75, 3.05) is 39.8 Å². The highest BCUT2D eigenvalue weighted by atomic mass is 32.1. The summed E-state index contributed by atoms with van der Waals surface area (Å²) in [6, 6.07) is 0. The van der Waals surface area contributed by atoms with Crippen molar-refractivity contribution in [3.05, 3.63) is 16.1 Å². The van der Waals surface area contributed by atoms with E-state index in [9.17, 15) is 4.79 Å². The van der Waals surface area contributed by atoms with Crippen LogP contribution < -0.4 is 5.32 Å². The molecule has 1 N–H and O–H groups in total. The topological polar surface area (TPSA) is 70.1 Å². The quantitative estimate of drug-likeness (QED) is 0.519. The fourth-order valence-corrected chi connectivity index (χ4v) is 4.40. The van der Waals surface area contributed by atoms with E-state index in [1.165, 1.54) is 9.88 Å². The Kier molecular flexibility index (Phi) is 9.39. The van der Waals surface area contributed by atoms with Crippen molar-refractivity contribution < 1.29 is 9.53 Å². The molecule has 0 radical (unpaired) electrons. The van der Waals surface area contributed by atoms with Crippen LogP contribution in [0.2, 0.25) is 0 Å². The summed E-state index contributed by atoms with van der Waals surface area (Å²) in [4.78, 5) is 26.8. The SMILES string of the molecule is CCc1cnc(CCNC(=NC)N2CCC(CN(CC)C(=O)OC(C)(C)C)CC2)s1. The van der Waals surface area contributed by atoms with E-state index in [-0.39, 0.29) is 6.09 Å². The summed E-state index contributed by atoms with van der Waals surface area (Å²) in [6.07, 6.45) is 5.83. The Hall–Kier alpha value is -1.83. The molecule has 170 valence electrons. The summed E-state index contributed by atoms with van der Waals surface area (Å²) in [5.74, 6) is 1.45. The summed E-state index contributed by atoms with van der Waals surface area (Å²) >= 11 is 1.79. The molecule has 2 heterocycles. The second-order valence-corrected chi connectivity index (χ2v) is 9.95. The van der Waals surface area contributed by atoms with Gasteiger partial charge in [0, 0.05) is 57.3 Å². The van der Waals surface area contributed by atoms with Crippen molar-refractivity contribution in [3.8, 4) is 0 Å². The van der Waals surface area contributed by atoms with Gasteiger partial charge in [-0.3, -0.25) is 4.99 Å². The minimum Gasteiger partial charge on any atom is -0.444 e. The number of aliphatic imine (C=N–C) groups is 1. The first-order chi connectivity index (χ1) is 14.3. The van der Waals surface area contributed by atoms with Crippen LogP contribution in [-0.4, -0.2) is 72.2 Å². The molecule has 30 heavy (non-hydrogen) atoms. The van der Waals surface area contributed by atoms with E-state index < -0.39 is 5.60 Å². The maximum atomic E-state index is 12.4. The van der Waals surface area contributed by atoms with Crippen molar-refractivity contribution in [1.82, 2.24) is 20.1 Å². The van der Waals surface area contributed by atoms with Gasteiger partial charge >= 0.3 is 6.09 Å². The number of amides is 1. The number of thiazole rings is 1. The molecule has 0 spiro atoms. The van der Waals surface area contributed by atoms with Gasteiger partial charge in [0.25, 0.3) is 0 Å². The second kappa shape index (κ2) is 11.5. The van der Waals surface area contributed by atoms with Gasteiger partial charge in [-0.25, -0.2) is 9.78 Å². The van der Waals surface area contributed by atoms with Gasteiger partial charge in [0.1, 0.15) is 5.60 Å². The van der Waals surface area contributed by atoms with E-state index >= 15 is 0 Å². The van der Waals surface area contributed by atoms with Crippen molar-refractivity contribution in [2.45, 2.75) is 65.9 Å². The molecule has 7 nitrogen and oxygen atoms in total.